The van der Waals surface area contributed by atoms with Gasteiger partial charge in [-0.1, -0.05) is 6.08 Å². The van der Waals surface area contributed by atoms with Crippen LogP contribution in [0.15, 0.2) is 12.7 Å². The minimum Gasteiger partial charge on any atom is -0.381 e. The van der Waals surface area contributed by atoms with Crippen LogP contribution in [0.4, 0.5) is 0 Å². The molecule has 0 aromatic heterocycles. The highest BCUT2D eigenvalue weighted by Crippen LogP contribution is 2.13. The zero-order chi connectivity index (χ0) is 11.5. The summed E-state index contributed by atoms with van der Waals surface area (Å²) in [5.41, 5.74) is 0. The zero-order valence-corrected chi connectivity index (χ0v) is 10.2. The van der Waals surface area contributed by atoms with E-state index in [9.17, 15) is 0 Å². The molecule has 3 nitrogen and oxygen atoms in total. The lowest BCUT2D eigenvalue weighted by Gasteiger charge is -2.22. The Kier molecular flexibility index (Phi) is 8.40. The Bertz CT molecular complexity index is 165. The van der Waals surface area contributed by atoms with Crippen LogP contribution in [-0.4, -0.2) is 32.7 Å². The van der Waals surface area contributed by atoms with E-state index in [0.717, 1.165) is 52.1 Å². The number of rotatable bonds is 9. The van der Waals surface area contributed by atoms with Gasteiger partial charge in [0, 0.05) is 26.4 Å². The Hall–Kier alpha value is -0.380. The average Bonchev–Trinajstić information content (AvgIpc) is 2.34. The summed E-state index contributed by atoms with van der Waals surface area (Å²) < 4.78 is 16.5. The number of ether oxygens (including phenoxy) is 3. The van der Waals surface area contributed by atoms with Crippen molar-refractivity contribution in [1.82, 2.24) is 0 Å². The van der Waals surface area contributed by atoms with Gasteiger partial charge >= 0.3 is 0 Å². The Balaban J connectivity index is 1.78. The first-order valence-electron chi connectivity index (χ1n) is 6.35. The molecule has 1 saturated heterocycles. The van der Waals surface area contributed by atoms with Crippen molar-refractivity contribution in [2.45, 2.75) is 44.8 Å². The fraction of sp³-hybridized carbons (Fsp3) is 0.846. The number of hydrogen-bond acceptors (Lipinski definition) is 3. The third-order valence-electron chi connectivity index (χ3n) is 2.59. The van der Waals surface area contributed by atoms with E-state index < -0.39 is 0 Å². The summed E-state index contributed by atoms with van der Waals surface area (Å²) in [6.07, 6.45) is 8.44. The summed E-state index contributed by atoms with van der Waals surface area (Å²) in [5.74, 6) is 0. The summed E-state index contributed by atoms with van der Waals surface area (Å²) in [4.78, 5) is 0. The van der Waals surface area contributed by atoms with Gasteiger partial charge in [-0.2, -0.15) is 0 Å². The normalized spacial score (nSPS) is 20.9. The predicted molar refractivity (Wildman–Crippen MR) is 64.4 cm³/mol. The van der Waals surface area contributed by atoms with Crippen molar-refractivity contribution >= 4 is 0 Å². The first kappa shape index (κ1) is 13.7. The predicted octanol–water partition coefficient (Wildman–Crippen LogP) is 2.90. The molecule has 0 aliphatic carbocycles. The van der Waals surface area contributed by atoms with E-state index in [4.69, 9.17) is 14.2 Å². The number of hydrogen-bond donors (Lipinski definition) is 0. The minimum atomic E-state index is 0.0513. The van der Waals surface area contributed by atoms with Gasteiger partial charge in [0.1, 0.15) is 0 Å². The molecule has 0 aromatic carbocycles. The fourth-order valence-corrected chi connectivity index (χ4v) is 1.63. The van der Waals surface area contributed by atoms with Crippen LogP contribution in [0.2, 0.25) is 0 Å². The second-order valence-electron chi connectivity index (χ2n) is 4.06. The maximum Gasteiger partial charge on any atom is 0.157 e. The largest absolute Gasteiger partial charge is 0.381 e. The van der Waals surface area contributed by atoms with E-state index in [1.54, 1.807) is 0 Å². The molecule has 0 spiro atoms. The number of unbranched alkanes of at least 4 members (excludes halogenated alkanes) is 1. The van der Waals surface area contributed by atoms with Crippen LogP contribution in [0.5, 0.6) is 0 Å². The van der Waals surface area contributed by atoms with E-state index in [0.29, 0.717) is 0 Å². The van der Waals surface area contributed by atoms with Crippen LogP contribution in [0.3, 0.4) is 0 Å². The quantitative estimate of drug-likeness (QED) is 0.448. The summed E-state index contributed by atoms with van der Waals surface area (Å²) in [7, 11) is 0. The van der Waals surface area contributed by atoms with Crippen LogP contribution in [-0.2, 0) is 14.2 Å². The van der Waals surface area contributed by atoms with Crippen molar-refractivity contribution in [1.29, 1.82) is 0 Å². The molecule has 1 atom stereocenters. The van der Waals surface area contributed by atoms with Crippen LogP contribution in [0.25, 0.3) is 0 Å². The molecule has 1 aliphatic rings. The van der Waals surface area contributed by atoms with Gasteiger partial charge in [0.15, 0.2) is 6.29 Å². The van der Waals surface area contributed by atoms with Crippen LogP contribution in [0.1, 0.15) is 38.5 Å². The first-order valence-corrected chi connectivity index (χ1v) is 6.35. The minimum absolute atomic E-state index is 0.0513. The van der Waals surface area contributed by atoms with Crippen LogP contribution in [0, 0.1) is 0 Å². The standard InChI is InChI=1S/C13H24O3/c1-2-3-9-14-10-6-7-12-16-13-8-4-5-11-15-13/h2,13H,1,3-12H2. The molecule has 1 heterocycles. The highest BCUT2D eigenvalue weighted by Gasteiger charge is 2.13. The smallest absolute Gasteiger partial charge is 0.157 e. The van der Waals surface area contributed by atoms with Crippen LogP contribution >= 0.6 is 0 Å². The molecule has 0 saturated carbocycles. The Morgan fingerprint density at radius 3 is 2.81 bits per heavy atom. The van der Waals surface area contributed by atoms with Gasteiger partial charge in [-0.05, 0) is 38.5 Å². The van der Waals surface area contributed by atoms with Gasteiger partial charge in [0.25, 0.3) is 0 Å². The van der Waals surface area contributed by atoms with Gasteiger partial charge in [0.05, 0.1) is 0 Å². The van der Waals surface area contributed by atoms with Crippen LogP contribution < -0.4 is 0 Å². The molecule has 0 radical (unpaired) electrons. The fourth-order valence-electron chi connectivity index (χ4n) is 1.63. The molecule has 16 heavy (non-hydrogen) atoms. The van der Waals surface area contributed by atoms with Gasteiger partial charge in [0.2, 0.25) is 0 Å². The monoisotopic (exact) mass is 228 g/mol. The molecule has 0 amide bonds. The molecule has 1 aliphatic heterocycles. The zero-order valence-electron chi connectivity index (χ0n) is 10.2. The average molecular weight is 228 g/mol. The molecule has 3 heteroatoms. The summed E-state index contributed by atoms with van der Waals surface area (Å²) >= 11 is 0. The van der Waals surface area contributed by atoms with E-state index in [2.05, 4.69) is 6.58 Å². The third-order valence-corrected chi connectivity index (χ3v) is 2.59. The second-order valence-corrected chi connectivity index (χ2v) is 4.06. The van der Waals surface area contributed by atoms with Gasteiger partial charge < -0.3 is 14.2 Å². The lowest BCUT2D eigenvalue weighted by atomic mass is 10.2. The molecule has 94 valence electrons. The maximum absolute atomic E-state index is 5.62. The van der Waals surface area contributed by atoms with E-state index in [1.807, 2.05) is 6.08 Å². The van der Waals surface area contributed by atoms with Gasteiger partial charge in [-0.15, -0.1) is 6.58 Å². The summed E-state index contributed by atoms with van der Waals surface area (Å²) in [6, 6.07) is 0. The first-order chi connectivity index (χ1) is 7.93. The van der Waals surface area contributed by atoms with E-state index in [1.165, 1.54) is 12.8 Å². The molecule has 1 fully saturated rings. The molecule has 1 unspecified atom stereocenters. The lowest BCUT2D eigenvalue weighted by molar-refractivity contribution is -0.163. The molecule has 0 bridgehead atoms. The Morgan fingerprint density at radius 1 is 1.19 bits per heavy atom. The Labute approximate surface area is 98.8 Å². The molecule has 0 aromatic rings. The molecule has 1 rings (SSSR count). The van der Waals surface area contributed by atoms with Crippen molar-refractivity contribution in [3.8, 4) is 0 Å². The molecule has 0 N–H and O–H groups in total. The SMILES string of the molecule is C=CCCOCCCCOC1CCCCO1. The van der Waals surface area contributed by atoms with Crippen molar-refractivity contribution in [2.24, 2.45) is 0 Å². The van der Waals surface area contributed by atoms with E-state index >= 15 is 0 Å². The second kappa shape index (κ2) is 9.82. The highest BCUT2D eigenvalue weighted by molar-refractivity contribution is 4.64. The molecular weight excluding hydrogens is 204 g/mol. The van der Waals surface area contributed by atoms with Crippen molar-refractivity contribution < 1.29 is 14.2 Å². The van der Waals surface area contributed by atoms with Crippen molar-refractivity contribution in [3.05, 3.63) is 12.7 Å². The molecular formula is C13H24O3. The topological polar surface area (TPSA) is 27.7 Å². The summed E-state index contributed by atoms with van der Waals surface area (Å²) in [6.45, 7) is 6.90. The Morgan fingerprint density at radius 2 is 2.06 bits per heavy atom. The van der Waals surface area contributed by atoms with Crippen molar-refractivity contribution in [3.63, 3.8) is 0 Å². The van der Waals surface area contributed by atoms with Gasteiger partial charge in [-0.25, -0.2) is 0 Å². The van der Waals surface area contributed by atoms with Crippen molar-refractivity contribution in [2.75, 3.05) is 26.4 Å². The summed E-state index contributed by atoms with van der Waals surface area (Å²) in [5, 5.41) is 0. The van der Waals surface area contributed by atoms with E-state index in [-0.39, 0.29) is 6.29 Å². The third kappa shape index (κ3) is 6.99. The maximum atomic E-state index is 5.62. The highest BCUT2D eigenvalue weighted by atomic mass is 16.7. The lowest BCUT2D eigenvalue weighted by Crippen LogP contribution is -2.22. The van der Waals surface area contributed by atoms with Gasteiger partial charge in [-0.3, -0.25) is 0 Å².